The molecule has 2 aromatic rings. The minimum atomic E-state index is -0.192. The van der Waals surface area contributed by atoms with Gasteiger partial charge >= 0.3 is 6.03 Å². The van der Waals surface area contributed by atoms with E-state index >= 15 is 0 Å². The van der Waals surface area contributed by atoms with Crippen molar-refractivity contribution >= 4 is 29.4 Å². The van der Waals surface area contributed by atoms with E-state index in [1.165, 1.54) is 0 Å². The molecular weight excluding hydrogens is 362 g/mol. The molecule has 7 nitrogen and oxygen atoms in total. The monoisotopic (exact) mass is 385 g/mol. The van der Waals surface area contributed by atoms with Crippen molar-refractivity contribution in [2.45, 2.75) is 31.8 Å². The summed E-state index contributed by atoms with van der Waals surface area (Å²) in [4.78, 5) is 35.0. The number of aromatic nitrogens is 2. The molecule has 0 fully saturated rings. The van der Waals surface area contributed by atoms with Gasteiger partial charge in [-0.1, -0.05) is 6.07 Å². The summed E-state index contributed by atoms with van der Waals surface area (Å²) in [6, 6.07) is 7.35. The zero-order chi connectivity index (χ0) is 19.2. The van der Waals surface area contributed by atoms with Gasteiger partial charge in [-0.15, -0.1) is 11.8 Å². The molecule has 3 amide bonds. The smallest absolute Gasteiger partial charge is 0.322 e. The minimum Gasteiger partial charge on any atom is -0.350 e. The van der Waals surface area contributed by atoms with Gasteiger partial charge in [0.15, 0.2) is 0 Å². The normalized spacial score (nSPS) is 13.0. The van der Waals surface area contributed by atoms with Crippen LogP contribution >= 0.6 is 11.8 Å². The van der Waals surface area contributed by atoms with Crippen molar-refractivity contribution < 1.29 is 9.59 Å². The number of carbonyl (C=O) groups excluding carboxylic acids is 2. The topological polar surface area (TPSA) is 87.2 Å². The molecule has 0 saturated heterocycles. The summed E-state index contributed by atoms with van der Waals surface area (Å²) in [5.41, 5.74) is 3.66. The second-order valence-electron chi connectivity index (χ2n) is 6.31. The highest BCUT2D eigenvalue weighted by molar-refractivity contribution is 7.99. The molecule has 142 valence electrons. The van der Waals surface area contributed by atoms with Gasteiger partial charge in [0.2, 0.25) is 5.91 Å². The molecule has 2 N–H and O–H groups in total. The van der Waals surface area contributed by atoms with Gasteiger partial charge in [0.05, 0.1) is 17.9 Å². The highest BCUT2D eigenvalue weighted by Gasteiger charge is 2.26. The van der Waals surface area contributed by atoms with E-state index in [9.17, 15) is 9.59 Å². The highest BCUT2D eigenvalue weighted by atomic mass is 32.2. The van der Waals surface area contributed by atoms with E-state index < -0.39 is 0 Å². The summed E-state index contributed by atoms with van der Waals surface area (Å²) in [5, 5.41) is 6.53. The zero-order valence-corrected chi connectivity index (χ0v) is 16.3. The third kappa shape index (κ3) is 4.97. The van der Waals surface area contributed by atoms with Crippen LogP contribution in [0, 0.1) is 13.8 Å². The van der Waals surface area contributed by atoms with Crippen molar-refractivity contribution in [1.29, 1.82) is 0 Å². The van der Waals surface area contributed by atoms with Crippen LogP contribution in [-0.2, 0) is 11.3 Å². The van der Waals surface area contributed by atoms with Gasteiger partial charge < -0.3 is 10.6 Å². The Hall–Kier alpha value is -2.61. The number of thioether (sulfide) groups is 1. The summed E-state index contributed by atoms with van der Waals surface area (Å²) in [7, 11) is 0. The summed E-state index contributed by atoms with van der Waals surface area (Å²) >= 11 is 1.67. The molecule has 8 heteroatoms. The van der Waals surface area contributed by atoms with Gasteiger partial charge in [-0.05, 0) is 37.6 Å². The maximum absolute atomic E-state index is 12.6. The molecule has 0 spiro atoms. The number of pyridine rings is 2. The summed E-state index contributed by atoms with van der Waals surface area (Å²) in [6.07, 6.45) is 1.91. The standard InChI is InChI=1S/C19H23N5O2S/c1-13-11-14(2)23-18-17(13)24(9-10-27-18)19(26)21-8-6-16(25)22-12-15-5-3-4-7-20-15/h3-5,7,11H,6,8-10,12H2,1-2H3,(H,21,26)(H,22,25). The van der Waals surface area contributed by atoms with Gasteiger partial charge in [-0.25, -0.2) is 9.78 Å². The lowest BCUT2D eigenvalue weighted by molar-refractivity contribution is -0.121. The van der Waals surface area contributed by atoms with Crippen molar-refractivity contribution in [1.82, 2.24) is 20.6 Å². The van der Waals surface area contributed by atoms with Gasteiger partial charge in [-0.2, -0.15) is 0 Å². The predicted octanol–water partition coefficient (Wildman–Crippen LogP) is 2.42. The Bertz CT molecular complexity index is 828. The van der Waals surface area contributed by atoms with Crippen molar-refractivity contribution in [3.05, 3.63) is 47.4 Å². The van der Waals surface area contributed by atoms with Gasteiger partial charge in [0.25, 0.3) is 0 Å². The maximum Gasteiger partial charge on any atom is 0.322 e. The van der Waals surface area contributed by atoms with E-state index in [1.54, 1.807) is 22.9 Å². The maximum atomic E-state index is 12.6. The van der Waals surface area contributed by atoms with Crippen molar-refractivity contribution in [2.75, 3.05) is 23.7 Å². The molecule has 2 aromatic heterocycles. The van der Waals surface area contributed by atoms with Gasteiger partial charge in [0.1, 0.15) is 5.03 Å². The number of rotatable bonds is 5. The highest BCUT2D eigenvalue weighted by Crippen LogP contribution is 2.36. The van der Waals surface area contributed by atoms with Crippen LogP contribution in [0.3, 0.4) is 0 Å². The van der Waals surface area contributed by atoms with Crippen LogP contribution in [0.1, 0.15) is 23.4 Å². The Morgan fingerprint density at radius 3 is 2.89 bits per heavy atom. The van der Waals surface area contributed by atoms with E-state index in [0.717, 1.165) is 33.4 Å². The number of urea groups is 1. The Kier molecular flexibility index (Phi) is 6.28. The fourth-order valence-electron chi connectivity index (χ4n) is 2.93. The zero-order valence-electron chi connectivity index (χ0n) is 15.5. The number of amides is 3. The average molecular weight is 385 g/mol. The third-order valence-electron chi connectivity index (χ3n) is 4.17. The van der Waals surface area contributed by atoms with Crippen LogP contribution in [0.15, 0.2) is 35.5 Å². The first kappa shape index (κ1) is 19.2. The van der Waals surface area contributed by atoms with Crippen LogP contribution in [-0.4, -0.2) is 40.7 Å². The molecule has 0 atom stereocenters. The lowest BCUT2D eigenvalue weighted by Crippen LogP contribution is -2.44. The molecule has 27 heavy (non-hydrogen) atoms. The molecule has 0 radical (unpaired) electrons. The first-order valence-corrected chi connectivity index (χ1v) is 9.86. The average Bonchev–Trinajstić information content (AvgIpc) is 2.66. The van der Waals surface area contributed by atoms with Crippen molar-refractivity contribution in [2.24, 2.45) is 0 Å². The Morgan fingerprint density at radius 1 is 1.26 bits per heavy atom. The first-order valence-electron chi connectivity index (χ1n) is 8.87. The summed E-state index contributed by atoms with van der Waals surface area (Å²) in [5.74, 6) is 0.685. The minimum absolute atomic E-state index is 0.121. The molecule has 0 aromatic carbocycles. The Balaban J connectivity index is 1.50. The molecule has 3 rings (SSSR count). The number of anilines is 1. The number of hydrogen-bond acceptors (Lipinski definition) is 5. The Morgan fingerprint density at radius 2 is 2.11 bits per heavy atom. The fraction of sp³-hybridized carbons (Fsp3) is 0.368. The van der Waals surface area contributed by atoms with Crippen molar-refractivity contribution in [3.63, 3.8) is 0 Å². The van der Waals surface area contributed by atoms with Gasteiger partial charge in [0, 0.05) is 37.2 Å². The summed E-state index contributed by atoms with van der Waals surface area (Å²) in [6.45, 7) is 5.24. The number of fused-ring (bicyclic) bond motifs is 1. The predicted molar refractivity (Wildman–Crippen MR) is 106 cm³/mol. The third-order valence-corrected chi connectivity index (χ3v) is 5.11. The second kappa shape index (κ2) is 8.85. The van der Waals surface area contributed by atoms with Gasteiger partial charge in [-0.3, -0.25) is 14.7 Å². The molecule has 0 saturated carbocycles. The van der Waals surface area contributed by atoms with Crippen LogP contribution < -0.4 is 15.5 Å². The fourth-order valence-corrected chi connectivity index (χ4v) is 4.02. The summed E-state index contributed by atoms with van der Waals surface area (Å²) < 4.78 is 0. The molecular formula is C19H23N5O2S. The van der Waals surface area contributed by atoms with E-state index in [0.29, 0.717) is 13.1 Å². The Labute approximate surface area is 163 Å². The van der Waals surface area contributed by atoms with E-state index in [2.05, 4.69) is 20.6 Å². The van der Waals surface area contributed by atoms with E-state index in [4.69, 9.17) is 0 Å². The molecule has 0 aliphatic carbocycles. The lowest BCUT2D eigenvalue weighted by atomic mass is 10.2. The largest absolute Gasteiger partial charge is 0.350 e. The van der Waals surface area contributed by atoms with Crippen LogP contribution in [0.2, 0.25) is 0 Å². The quantitative estimate of drug-likeness (QED) is 0.825. The second-order valence-corrected chi connectivity index (χ2v) is 7.40. The van der Waals surface area contributed by atoms with E-state index in [1.807, 2.05) is 38.1 Å². The van der Waals surface area contributed by atoms with Crippen LogP contribution in [0.25, 0.3) is 0 Å². The SMILES string of the molecule is Cc1cc(C)c2c(n1)SCCN2C(=O)NCCC(=O)NCc1ccccn1. The number of hydrogen-bond donors (Lipinski definition) is 2. The molecule has 0 unspecified atom stereocenters. The molecule has 1 aliphatic heterocycles. The number of aryl methyl sites for hydroxylation is 2. The van der Waals surface area contributed by atoms with Crippen molar-refractivity contribution in [3.8, 4) is 0 Å². The lowest BCUT2D eigenvalue weighted by Gasteiger charge is -2.30. The molecule has 0 bridgehead atoms. The number of nitrogens with zero attached hydrogens (tertiary/aromatic N) is 3. The number of nitrogens with one attached hydrogen (secondary N) is 2. The molecule has 1 aliphatic rings. The van der Waals surface area contributed by atoms with Crippen LogP contribution in [0.4, 0.5) is 10.5 Å². The van der Waals surface area contributed by atoms with Crippen LogP contribution in [0.5, 0.6) is 0 Å². The molecule has 3 heterocycles. The first-order chi connectivity index (χ1) is 13.0. The number of carbonyl (C=O) groups is 2. The van der Waals surface area contributed by atoms with E-state index in [-0.39, 0.29) is 24.9 Å².